The number of nitrogens with one attached hydrogen (secondary N) is 1. The Balaban J connectivity index is 1.73. The number of rotatable bonds is 7. The summed E-state index contributed by atoms with van der Waals surface area (Å²) >= 11 is 0. The first kappa shape index (κ1) is 18.5. The van der Waals surface area contributed by atoms with Crippen LogP contribution < -0.4 is 5.32 Å². The van der Waals surface area contributed by atoms with E-state index < -0.39 is 0 Å². The molecule has 1 fully saturated rings. The van der Waals surface area contributed by atoms with Crippen molar-refractivity contribution in [1.82, 2.24) is 10.2 Å². The Labute approximate surface area is 145 Å². The van der Waals surface area contributed by atoms with Crippen LogP contribution in [-0.4, -0.2) is 30.3 Å². The van der Waals surface area contributed by atoms with Gasteiger partial charge in [-0.3, -0.25) is 9.59 Å². The lowest BCUT2D eigenvalue weighted by Crippen LogP contribution is -2.38. The zero-order chi connectivity index (χ0) is 17.4. The van der Waals surface area contributed by atoms with E-state index in [1.165, 1.54) is 0 Å². The van der Waals surface area contributed by atoms with Gasteiger partial charge in [0, 0.05) is 32.0 Å². The molecule has 1 N–H and O–H groups in total. The molecule has 2 rings (SSSR count). The summed E-state index contributed by atoms with van der Waals surface area (Å²) in [4.78, 5) is 26.6. The number of carbonyl (C=O) groups excluding carboxylic acids is 2. The standard InChI is InChI=1S/C20H30N2O2/c1-3-4-14-22(2)20(24)18-12-10-17(11-13-18)19(23)21-15-16-8-6-5-7-9-16/h5-9,17-18H,3-4,10-15H2,1-2H3,(H,21,23). The number of amides is 2. The first-order chi connectivity index (χ1) is 11.6. The normalized spacial score (nSPS) is 20.4. The van der Waals surface area contributed by atoms with Crippen LogP contribution in [0.5, 0.6) is 0 Å². The van der Waals surface area contributed by atoms with Crippen molar-refractivity contribution in [3.8, 4) is 0 Å². The molecule has 0 aromatic heterocycles. The molecule has 0 radical (unpaired) electrons. The van der Waals surface area contributed by atoms with Crippen LogP contribution in [0.2, 0.25) is 0 Å². The van der Waals surface area contributed by atoms with E-state index in [0.29, 0.717) is 6.54 Å². The molecule has 2 amide bonds. The maximum atomic E-state index is 12.4. The summed E-state index contributed by atoms with van der Waals surface area (Å²) in [5.74, 6) is 0.541. The van der Waals surface area contributed by atoms with Gasteiger partial charge in [-0.25, -0.2) is 0 Å². The molecule has 0 saturated heterocycles. The fourth-order valence-corrected chi connectivity index (χ4v) is 3.35. The average molecular weight is 330 g/mol. The van der Waals surface area contributed by atoms with Crippen LogP contribution in [-0.2, 0) is 16.1 Å². The molecule has 0 bridgehead atoms. The van der Waals surface area contributed by atoms with Crippen LogP contribution in [0, 0.1) is 11.8 Å². The van der Waals surface area contributed by atoms with Gasteiger partial charge < -0.3 is 10.2 Å². The van der Waals surface area contributed by atoms with Crippen molar-refractivity contribution in [3.05, 3.63) is 35.9 Å². The van der Waals surface area contributed by atoms with E-state index in [-0.39, 0.29) is 23.7 Å². The predicted octanol–water partition coefficient (Wildman–Crippen LogP) is 3.37. The van der Waals surface area contributed by atoms with Crippen molar-refractivity contribution in [2.75, 3.05) is 13.6 Å². The third-order valence-corrected chi connectivity index (χ3v) is 4.98. The second kappa shape index (κ2) is 9.45. The van der Waals surface area contributed by atoms with Crippen molar-refractivity contribution < 1.29 is 9.59 Å². The minimum atomic E-state index is 0.0544. The monoisotopic (exact) mass is 330 g/mol. The van der Waals surface area contributed by atoms with Crippen molar-refractivity contribution in [3.63, 3.8) is 0 Å². The fourth-order valence-electron chi connectivity index (χ4n) is 3.35. The lowest BCUT2D eigenvalue weighted by molar-refractivity contribution is -0.137. The molecule has 132 valence electrons. The molecule has 0 heterocycles. The maximum absolute atomic E-state index is 12.4. The molecule has 0 spiro atoms. The molecule has 1 saturated carbocycles. The first-order valence-corrected chi connectivity index (χ1v) is 9.18. The van der Waals surface area contributed by atoms with Crippen LogP contribution >= 0.6 is 0 Å². The molecule has 0 unspecified atom stereocenters. The van der Waals surface area contributed by atoms with Crippen molar-refractivity contribution in [2.24, 2.45) is 11.8 Å². The average Bonchev–Trinajstić information content (AvgIpc) is 2.64. The van der Waals surface area contributed by atoms with E-state index >= 15 is 0 Å². The Morgan fingerprint density at radius 3 is 2.33 bits per heavy atom. The molecule has 1 aromatic carbocycles. The quantitative estimate of drug-likeness (QED) is 0.833. The summed E-state index contributed by atoms with van der Waals surface area (Å²) in [5.41, 5.74) is 1.12. The summed E-state index contributed by atoms with van der Waals surface area (Å²) in [6.45, 7) is 3.56. The van der Waals surface area contributed by atoms with Crippen molar-refractivity contribution in [2.45, 2.75) is 52.0 Å². The zero-order valence-electron chi connectivity index (χ0n) is 15.0. The van der Waals surface area contributed by atoms with Gasteiger partial charge >= 0.3 is 0 Å². The third-order valence-electron chi connectivity index (χ3n) is 4.98. The maximum Gasteiger partial charge on any atom is 0.225 e. The van der Waals surface area contributed by atoms with E-state index in [9.17, 15) is 9.59 Å². The summed E-state index contributed by atoms with van der Waals surface area (Å²) in [7, 11) is 1.90. The second-order valence-electron chi connectivity index (χ2n) is 6.87. The number of nitrogens with zero attached hydrogens (tertiary/aromatic N) is 1. The molecule has 4 heteroatoms. The van der Waals surface area contributed by atoms with Gasteiger partial charge in [0.2, 0.25) is 11.8 Å². The van der Waals surface area contributed by atoms with Crippen LogP contribution in [0.25, 0.3) is 0 Å². The van der Waals surface area contributed by atoms with E-state index in [2.05, 4.69) is 12.2 Å². The smallest absolute Gasteiger partial charge is 0.225 e. The highest BCUT2D eigenvalue weighted by Gasteiger charge is 2.31. The third kappa shape index (κ3) is 5.36. The lowest BCUT2D eigenvalue weighted by atomic mass is 9.81. The van der Waals surface area contributed by atoms with Crippen LogP contribution in [0.3, 0.4) is 0 Å². The Morgan fingerprint density at radius 2 is 1.71 bits per heavy atom. The van der Waals surface area contributed by atoms with Crippen molar-refractivity contribution in [1.29, 1.82) is 0 Å². The number of hydrogen-bond donors (Lipinski definition) is 1. The van der Waals surface area contributed by atoms with Gasteiger partial charge in [-0.1, -0.05) is 43.7 Å². The second-order valence-corrected chi connectivity index (χ2v) is 6.87. The SMILES string of the molecule is CCCCN(C)C(=O)C1CCC(C(=O)NCc2ccccc2)CC1. The molecule has 1 aliphatic carbocycles. The molecule has 0 aliphatic heterocycles. The highest BCUT2D eigenvalue weighted by molar-refractivity contribution is 5.81. The molecule has 1 aliphatic rings. The summed E-state index contributed by atoms with van der Waals surface area (Å²) in [6, 6.07) is 9.96. The van der Waals surface area contributed by atoms with Crippen LogP contribution in [0.4, 0.5) is 0 Å². The van der Waals surface area contributed by atoms with Gasteiger partial charge in [0.15, 0.2) is 0 Å². The minimum Gasteiger partial charge on any atom is -0.352 e. The molecule has 24 heavy (non-hydrogen) atoms. The molecular formula is C20H30N2O2. The van der Waals surface area contributed by atoms with Gasteiger partial charge in [0.1, 0.15) is 0 Å². The number of benzene rings is 1. The van der Waals surface area contributed by atoms with Crippen LogP contribution in [0.1, 0.15) is 51.0 Å². The fraction of sp³-hybridized carbons (Fsp3) is 0.600. The van der Waals surface area contributed by atoms with Crippen molar-refractivity contribution >= 4 is 11.8 Å². The Kier molecular flexibility index (Phi) is 7.29. The summed E-state index contributed by atoms with van der Waals surface area (Å²) in [5, 5.41) is 3.03. The van der Waals surface area contributed by atoms with E-state index in [0.717, 1.165) is 50.6 Å². The predicted molar refractivity (Wildman–Crippen MR) is 96.3 cm³/mol. The Morgan fingerprint density at radius 1 is 1.08 bits per heavy atom. The minimum absolute atomic E-state index is 0.0544. The highest BCUT2D eigenvalue weighted by Crippen LogP contribution is 2.30. The van der Waals surface area contributed by atoms with Gasteiger partial charge in [0.05, 0.1) is 0 Å². The van der Waals surface area contributed by atoms with Gasteiger partial charge in [-0.05, 0) is 37.7 Å². The van der Waals surface area contributed by atoms with E-state index in [4.69, 9.17) is 0 Å². The summed E-state index contributed by atoms with van der Waals surface area (Å²) < 4.78 is 0. The molecule has 4 nitrogen and oxygen atoms in total. The van der Waals surface area contributed by atoms with E-state index in [1.54, 1.807) is 0 Å². The Bertz CT molecular complexity index is 522. The Hall–Kier alpha value is -1.84. The highest BCUT2D eigenvalue weighted by atomic mass is 16.2. The zero-order valence-corrected chi connectivity index (χ0v) is 15.0. The summed E-state index contributed by atoms with van der Waals surface area (Å²) in [6.07, 6.45) is 5.46. The largest absolute Gasteiger partial charge is 0.352 e. The molecular weight excluding hydrogens is 300 g/mol. The van der Waals surface area contributed by atoms with Crippen LogP contribution in [0.15, 0.2) is 30.3 Å². The van der Waals surface area contributed by atoms with E-state index in [1.807, 2.05) is 42.3 Å². The molecule has 1 aromatic rings. The number of hydrogen-bond acceptors (Lipinski definition) is 2. The number of carbonyl (C=O) groups is 2. The lowest BCUT2D eigenvalue weighted by Gasteiger charge is -2.30. The topological polar surface area (TPSA) is 49.4 Å². The van der Waals surface area contributed by atoms with Gasteiger partial charge in [-0.15, -0.1) is 0 Å². The van der Waals surface area contributed by atoms with Gasteiger partial charge in [-0.2, -0.15) is 0 Å². The number of unbranched alkanes of at least 4 members (excludes halogenated alkanes) is 1. The molecule has 0 atom stereocenters. The van der Waals surface area contributed by atoms with Gasteiger partial charge in [0.25, 0.3) is 0 Å². The first-order valence-electron chi connectivity index (χ1n) is 9.18.